The van der Waals surface area contributed by atoms with Crippen LogP contribution >= 0.6 is 15.9 Å². The molecular weight excluding hydrogens is 319 g/mol. The predicted molar refractivity (Wildman–Crippen MR) is 80.5 cm³/mol. The first-order valence-corrected chi connectivity index (χ1v) is 7.06. The molecule has 2 aromatic rings. The molecule has 0 saturated carbocycles. The van der Waals surface area contributed by atoms with E-state index in [1.54, 1.807) is 6.07 Å². The maximum Gasteiger partial charge on any atom is 0.124 e. The summed E-state index contributed by atoms with van der Waals surface area (Å²) in [5.41, 5.74) is 2.27. The normalized spacial score (nSPS) is 11.9. The van der Waals surface area contributed by atoms with Crippen LogP contribution in [-0.4, -0.2) is 0 Å². The van der Waals surface area contributed by atoms with Gasteiger partial charge in [-0.1, -0.05) is 28.1 Å². The third kappa shape index (κ3) is 3.89. The molecule has 1 N–H and O–H groups in total. The minimum Gasteiger partial charge on any atom is -0.306 e. The predicted octanol–water partition coefficient (Wildman–Crippen LogP) is 4.31. The topological polar surface area (TPSA) is 35.8 Å². The van der Waals surface area contributed by atoms with E-state index in [0.29, 0.717) is 12.1 Å². The largest absolute Gasteiger partial charge is 0.306 e. The Morgan fingerprint density at radius 3 is 2.60 bits per heavy atom. The molecule has 20 heavy (non-hydrogen) atoms. The molecule has 4 heteroatoms. The Hall–Kier alpha value is -1.70. The molecule has 0 saturated heterocycles. The summed E-state index contributed by atoms with van der Waals surface area (Å²) in [7, 11) is 0. The number of rotatable bonds is 4. The fourth-order valence-corrected chi connectivity index (χ4v) is 2.22. The Morgan fingerprint density at radius 1 is 1.25 bits per heavy atom. The summed E-state index contributed by atoms with van der Waals surface area (Å²) in [4.78, 5) is 0. The molecule has 2 aromatic carbocycles. The van der Waals surface area contributed by atoms with E-state index >= 15 is 0 Å². The van der Waals surface area contributed by atoms with E-state index in [9.17, 15) is 4.39 Å². The molecule has 0 amide bonds. The number of nitrogens with zero attached hydrogens (tertiary/aromatic N) is 1. The van der Waals surface area contributed by atoms with Crippen LogP contribution in [0.25, 0.3) is 0 Å². The molecule has 0 bridgehead atoms. The van der Waals surface area contributed by atoms with Crippen molar-refractivity contribution in [2.45, 2.75) is 19.5 Å². The molecule has 2 rings (SSSR count). The lowest BCUT2D eigenvalue weighted by Crippen LogP contribution is -2.18. The molecule has 0 aliphatic heterocycles. The molecule has 0 aliphatic rings. The molecular formula is C16H14BrFN2. The van der Waals surface area contributed by atoms with Gasteiger partial charge in [0.25, 0.3) is 0 Å². The summed E-state index contributed by atoms with van der Waals surface area (Å²) in [6.45, 7) is 2.57. The lowest BCUT2D eigenvalue weighted by molar-refractivity contribution is 0.569. The molecule has 0 heterocycles. The van der Waals surface area contributed by atoms with Gasteiger partial charge in [0.1, 0.15) is 5.82 Å². The molecule has 0 radical (unpaired) electrons. The van der Waals surface area contributed by atoms with Crippen molar-refractivity contribution in [3.8, 4) is 6.07 Å². The van der Waals surface area contributed by atoms with E-state index in [1.807, 2.05) is 37.3 Å². The van der Waals surface area contributed by atoms with E-state index in [4.69, 9.17) is 5.26 Å². The number of halogens is 2. The monoisotopic (exact) mass is 332 g/mol. The Labute approximate surface area is 126 Å². The minimum absolute atomic E-state index is 0.150. The molecule has 0 aromatic heterocycles. The van der Waals surface area contributed by atoms with Crippen LogP contribution in [-0.2, 0) is 6.54 Å². The van der Waals surface area contributed by atoms with Crippen molar-refractivity contribution in [3.05, 3.63) is 69.4 Å². The fraction of sp³-hybridized carbons (Fsp3) is 0.188. The van der Waals surface area contributed by atoms with Gasteiger partial charge in [0.2, 0.25) is 0 Å². The van der Waals surface area contributed by atoms with Gasteiger partial charge in [-0.2, -0.15) is 5.26 Å². The number of hydrogen-bond donors (Lipinski definition) is 1. The number of benzene rings is 2. The van der Waals surface area contributed by atoms with Crippen molar-refractivity contribution in [1.29, 1.82) is 5.26 Å². The Balaban J connectivity index is 2.03. The average Bonchev–Trinajstić information content (AvgIpc) is 2.45. The van der Waals surface area contributed by atoms with Crippen LogP contribution in [0.1, 0.15) is 29.7 Å². The Kier molecular flexibility index (Phi) is 4.89. The van der Waals surface area contributed by atoms with Gasteiger partial charge in [-0.25, -0.2) is 4.39 Å². The second-order valence-electron chi connectivity index (χ2n) is 4.61. The average molecular weight is 333 g/mol. The molecule has 0 aliphatic carbocycles. The highest BCUT2D eigenvalue weighted by molar-refractivity contribution is 9.10. The quantitative estimate of drug-likeness (QED) is 0.905. The maximum absolute atomic E-state index is 13.3. The first-order valence-electron chi connectivity index (χ1n) is 6.27. The van der Waals surface area contributed by atoms with Gasteiger partial charge in [0.05, 0.1) is 11.6 Å². The van der Waals surface area contributed by atoms with Crippen molar-refractivity contribution in [2.75, 3.05) is 0 Å². The lowest BCUT2D eigenvalue weighted by Gasteiger charge is -2.14. The zero-order chi connectivity index (χ0) is 14.5. The van der Waals surface area contributed by atoms with Crippen LogP contribution in [0.15, 0.2) is 46.9 Å². The van der Waals surface area contributed by atoms with Gasteiger partial charge in [-0.05, 0) is 48.4 Å². The van der Waals surface area contributed by atoms with Gasteiger partial charge in [-0.15, -0.1) is 0 Å². The highest BCUT2D eigenvalue weighted by atomic mass is 79.9. The van der Waals surface area contributed by atoms with Crippen LogP contribution in [0.3, 0.4) is 0 Å². The van der Waals surface area contributed by atoms with Crippen molar-refractivity contribution in [1.82, 2.24) is 5.32 Å². The van der Waals surface area contributed by atoms with Gasteiger partial charge in [0.15, 0.2) is 0 Å². The summed E-state index contributed by atoms with van der Waals surface area (Å²) < 4.78 is 14.4. The van der Waals surface area contributed by atoms with E-state index in [0.717, 1.165) is 15.6 Å². The van der Waals surface area contributed by atoms with Gasteiger partial charge in [-0.3, -0.25) is 0 Å². The third-order valence-corrected chi connectivity index (χ3v) is 3.60. The molecule has 1 atom stereocenters. The summed E-state index contributed by atoms with van der Waals surface area (Å²) >= 11 is 3.40. The SMILES string of the molecule is C[C@H](NCc1cc(F)cc(C#N)c1)c1ccc(Br)cc1. The first-order chi connectivity index (χ1) is 9.58. The molecule has 2 nitrogen and oxygen atoms in total. The van der Waals surface area contributed by atoms with Crippen molar-refractivity contribution in [3.63, 3.8) is 0 Å². The second-order valence-corrected chi connectivity index (χ2v) is 5.53. The standard InChI is InChI=1S/C16H14BrFN2/c1-11(14-2-4-15(17)5-3-14)20-10-13-6-12(9-19)7-16(18)8-13/h2-8,11,20H,10H2,1H3/t11-/m0/s1. The molecule has 102 valence electrons. The lowest BCUT2D eigenvalue weighted by atomic mass is 10.1. The van der Waals surface area contributed by atoms with Crippen LogP contribution in [0.4, 0.5) is 4.39 Å². The van der Waals surface area contributed by atoms with Gasteiger partial charge < -0.3 is 5.32 Å². The van der Waals surface area contributed by atoms with Gasteiger partial charge in [0, 0.05) is 17.1 Å². The zero-order valence-corrected chi connectivity index (χ0v) is 12.6. The summed E-state index contributed by atoms with van der Waals surface area (Å²) in [6.07, 6.45) is 0. The smallest absolute Gasteiger partial charge is 0.124 e. The molecule has 0 unspecified atom stereocenters. The van der Waals surface area contributed by atoms with Crippen molar-refractivity contribution in [2.24, 2.45) is 0 Å². The van der Waals surface area contributed by atoms with E-state index < -0.39 is 0 Å². The summed E-state index contributed by atoms with van der Waals surface area (Å²) in [6, 6.07) is 14.5. The highest BCUT2D eigenvalue weighted by Crippen LogP contribution is 2.17. The zero-order valence-electron chi connectivity index (χ0n) is 11.0. The highest BCUT2D eigenvalue weighted by Gasteiger charge is 2.06. The van der Waals surface area contributed by atoms with E-state index in [2.05, 4.69) is 21.2 Å². The van der Waals surface area contributed by atoms with Crippen LogP contribution < -0.4 is 5.32 Å². The van der Waals surface area contributed by atoms with Crippen molar-refractivity contribution < 1.29 is 4.39 Å². The minimum atomic E-state index is -0.378. The third-order valence-electron chi connectivity index (χ3n) is 3.07. The van der Waals surface area contributed by atoms with E-state index in [1.165, 1.54) is 12.1 Å². The number of hydrogen-bond acceptors (Lipinski definition) is 2. The molecule has 0 fully saturated rings. The second kappa shape index (κ2) is 6.65. The van der Waals surface area contributed by atoms with E-state index in [-0.39, 0.29) is 11.9 Å². The van der Waals surface area contributed by atoms with Crippen LogP contribution in [0, 0.1) is 17.1 Å². The maximum atomic E-state index is 13.3. The summed E-state index contributed by atoms with van der Waals surface area (Å²) in [5.74, 6) is -0.378. The van der Waals surface area contributed by atoms with Crippen LogP contribution in [0.2, 0.25) is 0 Å². The number of nitrogens with one attached hydrogen (secondary N) is 1. The van der Waals surface area contributed by atoms with Crippen LogP contribution in [0.5, 0.6) is 0 Å². The Bertz CT molecular complexity index is 632. The summed E-state index contributed by atoms with van der Waals surface area (Å²) in [5, 5.41) is 12.1. The number of nitriles is 1. The van der Waals surface area contributed by atoms with Crippen molar-refractivity contribution >= 4 is 15.9 Å². The fourth-order valence-electron chi connectivity index (χ4n) is 1.96. The Morgan fingerprint density at radius 2 is 1.95 bits per heavy atom. The first kappa shape index (κ1) is 14.7. The van der Waals surface area contributed by atoms with Gasteiger partial charge >= 0.3 is 0 Å². The molecule has 0 spiro atoms.